The number of nitro groups is 1. The van der Waals surface area contributed by atoms with Gasteiger partial charge in [0.2, 0.25) is 5.91 Å². The van der Waals surface area contributed by atoms with Crippen LogP contribution in [0.25, 0.3) is 0 Å². The predicted octanol–water partition coefficient (Wildman–Crippen LogP) is 2.88. The second-order valence-corrected chi connectivity index (χ2v) is 6.83. The van der Waals surface area contributed by atoms with E-state index in [-0.39, 0.29) is 18.8 Å². The lowest BCUT2D eigenvalue weighted by molar-refractivity contribution is -0.385. The molecule has 0 unspecified atom stereocenters. The Labute approximate surface area is 164 Å². The standard InChI is InChI=1S/C18H17ClF2N4O3/c19-12-3-1-11(2-4-12)16(18(22)26)23-5-7-24(8-6-23)17-14(20)9-13(25(27)28)10-15(17)21/h1-4,9-10,16H,5-8H2,(H2,22,26)/t16-/m0/s1. The number of hydrogen-bond donors (Lipinski definition) is 1. The van der Waals surface area contributed by atoms with Gasteiger partial charge in [-0.1, -0.05) is 23.7 Å². The number of rotatable bonds is 5. The molecule has 2 N–H and O–H groups in total. The molecule has 0 aliphatic carbocycles. The van der Waals surface area contributed by atoms with Crippen LogP contribution in [0.1, 0.15) is 11.6 Å². The summed E-state index contributed by atoms with van der Waals surface area (Å²) in [6.45, 7) is 1.10. The number of anilines is 1. The minimum absolute atomic E-state index is 0.225. The second kappa shape index (κ2) is 8.07. The Morgan fingerprint density at radius 1 is 1.11 bits per heavy atom. The summed E-state index contributed by atoms with van der Waals surface area (Å²) >= 11 is 5.88. The molecule has 28 heavy (non-hydrogen) atoms. The maximum atomic E-state index is 14.3. The molecule has 1 saturated heterocycles. The minimum atomic E-state index is -0.996. The first-order valence-corrected chi connectivity index (χ1v) is 8.83. The first-order chi connectivity index (χ1) is 13.3. The first kappa shape index (κ1) is 20.0. The lowest BCUT2D eigenvalue weighted by Crippen LogP contribution is -2.50. The number of halogens is 3. The van der Waals surface area contributed by atoms with Crippen molar-refractivity contribution in [2.24, 2.45) is 5.73 Å². The topological polar surface area (TPSA) is 92.7 Å². The molecule has 0 spiro atoms. The van der Waals surface area contributed by atoms with Crippen molar-refractivity contribution in [2.75, 3.05) is 31.1 Å². The molecule has 1 fully saturated rings. The van der Waals surface area contributed by atoms with Crippen molar-refractivity contribution in [1.82, 2.24) is 4.90 Å². The van der Waals surface area contributed by atoms with Gasteiger partial charge in [-0.2, -0.15) is 0 Å². The molecule has 1 aliphatic heterocycles. The third kappa shape index (κ3) is 4.05. The van der Waals surface area contributed by atoms with Gasteiger partial charge in [0.25, 0.3) is 5.69 Å². The molecule has 1 amide bonds. The van der Waals surface area contributed by atoms with E-state index in [2.05, 4.69) is 0 Å². The molecule has 3 rings (SSSR count). The van der Waals surface area contributed by atoms with E-state index >= 15 is 0 Å². The van der Waals surface area contributed by atoms with Crippen LogP contribution in [0.15, 0.2) is 36.4 Å². The smallest absolute Gasteiger partial charge is 0.275 e. The zero-order chi connectivity index (χ0) is 20.4. The number of nitro benzene ring substituents is 1. The highest BCUT2D eigenvalue weighted by Crippen LogP contribution is 2.30. The molecule has 1 heterocycles. The van der Waals surface area contributed by atoms with Gasteiger partial charge in [0.1, 0.15) is 11.7 Å². The Balaban J connectivity index is 1.77. The molecule has 1 aliphatic rings. The monoisotopic (exact) mass is 410 g/mol. The molecular weight excluding hydrogens is 394 g/mol. The van der Waals surface area contributed by atoms with E-state index in [0.717, 1.165) is 0 Å². The number of carbonyl (C=O) groups is 1. The molecule has 0 bridgehead atoms. The molecule has 148 valence electrons. The number of non-ortho nitro benzene ring substituents is 1. The lowest BCUT2D eigenvalue weighted by Gasteiger charge is -2.39. The summed E-state index contributed by atoms with van der Waals surface area (Å²) in [7, 11) is 0. The Morgan fingerprint density at radius 2 is 1.64 bits per heavy atom. The molecule has 2 aromatic carbocycles. The molecule has 2 aromatic rings. The summed E-state index contributed by atoms with van der Waals surface area (Å²) in [5, 5.41) is 11.3. The number of hydrogen-bond acceptors (Lipinski definition) is 5. The average molecular weight is 411 g/mol. The molecular formula is C18H17ClF2N4O3. The second-order valence-electron chi connectivity index (χ2n) is 6.39. The number of primary amides is 1. The van der Waals surface area contributed by atoms with E-state index in [4.69, 9.17) is 17.3 Å². The fraction of sp³-hybridized carbons (Fsp3) is 0.278. The van der Waals surface area contributed by atoms with Gasteiger partial charge in [-0.3, -0.25) is 19.8 Å². The van der Waals surface area contributed by atoms with E-state index < -0.39 is 34.2 Å². The van der Waals surface area contributed by atoms with Crippen molar-refractivity contribution in [3.63, 3.8) is 0 Å². The molecule has 1 atom stereocenters. The van der Waals surface area contributed by atoms with Crippen LogP contribution >= 0.6 is 11.6 Å². The maximum Gasteiger partial charge on any atom is 0.275 e. The normalized spacial score (nSPS) is 16.0. The van der Waals surface area contributed by atoms with Crippen LogP contribution in [0, 0.1) is 21.7 Å². The summed E-state index contributed by atoms with van der Waals surface area (Å²) in [6, 6.07) is 7.44. The molecule has 10 heteroatoms. The minimum Gasteiger partial charge on any atom is -0.368 e. The van der Waals surface area contributed by atoms with Gasteiger partial charge < -0.3 is 10.6 Å². The van der Waals surface area contributed by atoms with Gasteiger partial charge in [0.15, 0.2) is 11.6 Å². The lowest BCUT2D eigenvalue weighted by atomic mass is 10.0. The third-order valence-electron chi connectivity index (χ3n) is 4.66. The average Bonchev–Trinajstić information content (AvgIpc) is 2.64. The zero-order valence-electron chi connectivity index (χ0n) is 14.6. The van der Waals surface area contributed by atoms with E-state index in [9.17, 15) is 23.7 Å². The van der Waals surface area contributed by atoms with E-state index in [1.807, 2.05) is 4.90 Å². The van der Waals surface area contributed by atoms with E-state index in [1.54, 1.807) is 24.3 Å². The summed E-state index contributed by atoms with van der Waals surface area (Å²) < 4.78 is 28.5. The van der Waals surface area contributed by atoms with Crippen LogP contribution in [0.4, 0.5) is 20.2 Å². The summed E-state index contributed by atoms with van der Waals surface area (Å²) in [6.07, 6.45) is 0. The van der Waals surface area contributed by atoms with Gasteiger partial charge in [0, 0.05) is 31.2 Å². The number of nitrogens with zero attached hydrogens (tertiary/aromatic N) is 3. The van der Waals surface area contributed by atoms with Gasteiger partial charge >= 0.3 is 0 Å². The van der Waals surface area contributed by atoms with Crippen molar-refractivity contribution in [3.05, 3.63) is 68.7 Å². The highest BCUT2D eigenvalue weighted by atomic mass is 35.5. The number of nitrogens with two attached hydrogens (primary N) is 1. The van der Waals surface area contributed by atoms with Crippen molar-refractivity contribution >= 4 is 28.9 Å². The Hall–Kier alpha value is -2.78. The van der Waals surface area contributed by atoms with E-state index in [1.165, 1.54) is 4.90 Å². The molecule has 0 saturated carbocycles. The fourth-order valence-corrected chi connectivity index (χ4v) is 3.49. The number of piperazine rings is 1. The van der Waals surface area contributed by atoms with Gasteiger partial charge in [-0.15, -0.1) is 0 Å². The fourth-order valence-electron chi connectivity index (χ4n) is 3.36. The molecule has 0 aromatic heterocycles. The summed E-state index contributed by atoms with van der Waals surface area (Å²) in [5.41, 5.74) is 5.29. The van der Waals surface area contributed by atoms with Crippen LogP contribution in [0.2, 0.25) is 5.02 Å². The number of carbonyl (C=O) groups excluding carboxylic acids is 1. The Kier molecular flexibility index (Phi) is 5.76. The van der Waals surface area contributed by atoms with Gasteiger partial charge in [0.05, 0.1) is 17.1 Å². The zero-order valence-corrected chi connectivity index (χ0v) is 15.4. The van der Waals surface area contributed by atoms with E-state index in [0.29, 0.717) is 35.8 Å². The van der Waals surface area contributed by atoms with Crippen LogP contribution in [-0.2, 0) is 4.79 Å². The summed E-state index contributed by atoms with van der Waals surface area (Å²) in [4.78, 5) is 25.2. The SMILES string of the molecule is NC(=O)[C@H](c1ccc(Cl)cc1)N1CCN(c2c(F)cc([N+](=O)[O-])cc2F)CC1. The highest BCUT2D eigenvalue weighted by molar-refractivity contribution is 6.30. The van der Waals surface area contributed by atoms with Gasteiger partial charge in [-0.25, -0.2) is 8.78 Å². The predicted molar refractivity (Wildman–Crippen MR) is 100 cm³/mol. The highest BCUT2D eigenvalue weighted by Gasteiger charge is 2.31. The van der Waals surface area contributed by atoms with Crippen LogP contribution in [0.3, 0.4) is 0 Å². The number of benzene rings is 2. The Bertz CT molecular complexity index is 879. The quantitative estimate of drug-likeness (QED) is 0.604. The van der Waals surface area contributed by atoms with Gasteiger partial charge in [-0.05, 0) is 17.7 Å². The summed E-state index contributed by atoms with van der Waals surface area (Å²) in [5.74, 6) is -2.53. The Morgan fingerprint density at radius 3 is 2.11 bits per heavy atom. The van der Waals surface area contributed by atoms with Crippen molar-refractivity contribution in [3.8, 4) is 0 Å². The molecule has 7 nitrogen and oxygen atoms in total. The third-order valence-corrected chi connectivity index (χ3v) is 4.92. The molecule has 0 radical (unpaired) electrons. The first-order valence-electron chi connectivity index (χ1n) is 8.45. The van der Waals surface area contributed by atoms with Crippen LogP contribution in [0.5, 0.6) is 0 Å². The number of amides is 1. The van der Waals surface area contributed by atoms with Crippen LogP contribution in [-0.4, -0.2) is 41.9 Å². The van der Waals surface area contributed by atoms with Crippen molar-refractivity contribution in [2.45, 2.75) is 6.04 Å². The van der Waals surface area contributed by atoms with Crippen molar-refractivity contribution < 1.29 is 18.5 Å². The largest absolute Gasteiger partial charge is 0.368 e. The van der Waals surface area contributed by atoms with Crippen LogP contribution < -0.4 is 10.6 Å². The van der Waals surface area contributed by atoms with Crippen molar-refractivity contribution in [1.29, 1.82) is 0 Å². The maximum absolute atomic E-state index is 14.3.